The minimum atomic E-state index is -0.345. The number of nitrogens with one attached hydrogen (secondary N) is 2. The molecule has 34 heavy (non-hydrogen) atoms. The molecule has 2 aromatic rings. The third-order valence-electron chi connectivity index (χ3n) is 5.99. The van der Waals surface area contributed by atoms with Gasteiger partial charge in [0.15, 0.2) is 6.61 Å². The number of carbonyl (C=O) groups is 2. The Balaban J connectivity index is 1.59. The number of carbonyl (C=O) groups excluding carboxylic acids is 2. The van der Waals surface area contributed by atoms with Gasteiger partial charge in [-0.2, -0.15) is 0 Å². The van der Waals surface area contributed by atoms with Crippen LogP contribution in [-0.4, -0.2) is 67.3 Å². The number of nitrogens with zero attached hydrogens (tertiary/aromatic N) is 1. The van der Waals surface area contributed by atoms with Crippen molar-refractivity contribution >= 4 is 35.8 Å². The summed E-state index contributed by atoms with van der Waals surface area (Å²) in [6.45, 7) is 3.46. The summed E-state index contributed by atoms with van der Waals surface area (Å²) in [7, 11) is 1.58. The summed E-state index contributed by atoms with van der Waals surface area (Å²) < 4.78 is 15.9. The van der Waals surface area contributed by atoms with Gasteiger partial charge in [-0.05, 0) is 43.0 Å². The topological polar surface area (TPSA) is 92.9 Å². The molecule has 2 heterocycles. The second kappa shape index (κ2) is 11.0. The summed E-state index contributed by atoms with van der Waals surface area (Å²) >= 11 is 6.39. The second-order valence-corrected chi connectivity index (χ2v) is 8.77. The number of H-pyrrole nitrogens is 1. The number of hydrogen-bond acceptors (Lipinski definition) is 5. The molecule has 0 spiro atoms. The molecule has 2 atom stereocenters. The molecule has 182 valence electrons. The van der Waals surface area contributed by atoms with E-state index in [1.807, 2.05) is 24.3 Å². The zero-order valence-electron chi connectivity index (χ0n) is 19.4. The number of benzene rings is 1. The van der Waals surface area contributed by atoms with E-state index in [4.69, 9.17) is 25.8 Å². The normalized spacial score (nSPS) is 18.7. The van der Waals surface area contributed by atoms with Gasteiger partial charge in [-0.3, -0.25) is 9.69 Å². The predicted molar refractivity (Wildman–Crippen MR) is 129 cm³/mol. The molecule has 1 aliphatic heterocycles. The monoisotopic (exact) mass is 487 g/mol. The van der Waals surface area contributed by atoms with Crippen LogP contribution in [0, 0.1) is 0 Å². The molecule has 2 unspecified atom stereocenters. The zero-order valence-corrected chi connectivity index (χ0v) is 20.2. The van der Waals surface area contributed by atoms with E-state index in [0.29, 0.717) is 32.1 Å². The van der Waals surface area contributed by atoms with Crippen LogP contribution in [0.1, 0.15) is 36.2 Å². The van der Waals surface area contributed by atoms with Gasteiger partial charge in [0, 0.05) is 36.5 Å². The van der Waals surface area contributed by atoms with E-state index in [1.54, 1.807) is 18.9 Å². The number of alkyl halides is 1. The lowest BCUT2D eigenvalue weighted by Crippen LogP contribution is -2.42. The van der Waals surface area contributed by atoms with Gasteiger partial charge >= 0.3 is 6.09 Å². The highest BCUT2D eigenvalue weighted by molar-refractivity contribution is 6.24. The van der Waals surface area contributed by atoms with E-state index >= 15 is 0 Å². The lowest BCUT2D eigenvalue weighted by molar-refractivity contribution is -0.123. The van der Waals surface area contributed by atoms with Crippen molar-refractivity contribution in [2.45, 2.75) is 31.2 Å². The summed E-state index contributed by atoms with van der Waals surface area (Å²) in [4.78, 5) is 30.0. The van der Waals surface area contributed by atoms with Gasteiger partial charge in [0.25, 0.3) is 5.91 Å². The highest BCUT2D eigenvalue weighted by atomic mass is 35.5. The molecule has 0 saturated carbocycles. The van der Waals surface area contributed by atoms with E-state index in [-0.39, 0.29) is 30.0 Å². The van der Waals surface area contributed by atoms with Crippen LogP contribution in [0.2, 0.25) is 0 Å². The number of hydrogen-bond donors (Lipinski definition) is 2. The smallest absolute Gasteiger partial charge is 0.410 e. The minimum Gasteiger partial charge on any atom is -0.484 e. The van der Waals surface area contributed by atoms with Gasteiger partial charge in [0.2, 0.25) is 0 Å². The number of halogens is 1. The Morgan fingerprint density at radius 2 is 2.06 bits per heavy atom. The van der Waals surface area contributed by atoms with Crippen LogP contribution in [-0.2, 0) is 20.7 Å². The molecule has 4 rings (SSSR count). The number of aromatic amines is 1. The first-order valence-corrected chi connectivity index (χ1v) is 11.9. The SMILES string of the molecule is CCOC(=O)N1CCc2c([nH]c3c2=CC(Cl)CC=3)C1c1ccc(OCC(=O)NCCOC)cc1. The number of ether oxygens (including phenoxy) is 3. The summed E-state index contributed by atoms with van der Waals surface area (Å²) in [5, 5.41) is 4.87. The first-order valence-electron chi connectivity index (χ1n) is 11.5. The van der Waals surface area contributed by atoms with Crippen LogP contribution >= 0.6 is 11.6 Å². The van der Waals surface area contributed by atoms with Crippen LogP contribution in [0.15, 0.2) is 24.3 Å². The standard InChI is InChI=1S/C25H30ClN3O5/c1-3-33-25(31)29-12-10-19-20-14-17(26)6-9-21(20)28-23(19)24(29)16-4-7-18(8-5-16)34-15-22(30)27-11-13-32-2/h4-5,7-9,14,17,24,28H,3,6,10-13,15H2,1-2H3,(H,27,30). The quantitative estimate of drug-likeness (QED) is 0.438. The molecule has 0 saturated heterocycles. The first kappa shape index (κ1) is 24.2. The largest absolute Gasteiger partial charge is 0.484 e. The fourth-order valence-corrected chi connectivity index (χ4v) is 4.65. The number of amides is 2. The Bertz CT molecular complexity index is 1140. The third kappa shape index (κ3) is 5.23. The van der Waals surface area contributed by atoms with E-state index in [1.165, 1.54) is 5.56 Å². The minimum absolute atomic E-state index is 0.0305. The van der Waals surface area contributed by atoms with Crippen molar-refractivity contribution < 1.29 is 23.8 Å². The first-order chi connectivity index (χ1) is 16.5. The molecule has 8 nitrogen and oxygen atoms in total. The van der Waals surface area contributed by atoms with E-state index in [2.05, 4.69) is 22.5 Å². The van der Waals surface area contributed by atoms with Crippen molar-refractivity contribution in [1.82, 2.24) is 15.2 Å². The van der Waals surface area contributed by atoms with Gasteiger partial charge in [0.1, 0.15) is 11.8 Å². The number of aromatic nitrogens is 1. The average Bonchev–Trinajstić information content (AvgIpc) is 3.20. The van der Waals surface area contributed by atoms with Crippen molar-refractivity contribution in [1.29, 1.82) is 0 Å². The number of rotatable bonds is 8. The Labute approximate surface area is 203 Å². The molecule has 2 aliphatic rings. The van der Waals surface area contributed by atoms with Gasteiger partial charge in [0.05, 0.1) is 18.6 Å². The molecule has 1 aliphatic carbocycles. The lowest BCUT2D eigenvalue weighted by atomic mass is 9.92. The van der Waals surface area contributed by atoms with Crippen molar-refractivity contribution in [2.75, 3.05) is 40.0 Å². The van der Waals surface area contributed by atoms with Crippen LogP contribution in [0.4, 0.5) is 4.79 Å². The van der Waals surface area contributed by atoms with Crippen molar-refractivity contribution in [3.8, 4) is 5.75 Å². The second-order valence-electron chi connectivity index (χ2n) is 8.21. The Morgan fingerprint density at radius 1 is 1.26 bits per heavy atom. The van der Waals surface area contributed by atoms with Gasteiger partial charge in [-0.1, -0.05) is 24.3 Å². The predicted octanol–water partition coefficient (Wildman–Crippen LogP) is 1.83. The van der Waals surface area contributed by atoms with Crippen molar-refractivity contribution in [2.24, 2.45) is 0 Å². The van der Waals surface area contributed by atoms with Crippen molar-refractivity contribution in [3.63, 3.8) is 0 Å². The van der Waals surface area contributed by atoms with Crippen LogP contribution in [0.3, 0.4) is 0 Å². The van der Waals surface area contributed by atoms with Crippen molar-refractivity contribution in [3.05, 3.63) is 51.7 Å². The van der Waals surface area contributed by atoms with Gasteiger partial charge in [-0.15, -0.1) is 11.6 Å². The molecule has 1 aromatic heterocycles. The molecular weight excluding hydrogens is 458 g/mol. The lowest BCUT2D eigenvalue weighted by Gasteiger charge is -2.35. The van der Waals surface area contributed by atoms with Crippen LogP contribution in [0.5, 0.6) is 5.75 Å². The van der Waals surface area contributed by atoms with E-state index in [0.717, 1.165) is 34.7 Å². The summed E-state index contributed by atoms with van der Waals surface area (Å²) in [5.74, 6) is 0.357. The summed E-state index contributed by atoms with van der Waals surface area (Å²) in [6, 6.07) is 7.13. The van der Waals surface area contributed by atoms with Gasteiger partial charge in [-0.25, -0.2) is 4.79 Å². The Hall–Kier alpha value is -2.97. The van der Waals surface area contributed by atoms with Crippen LogP contribution in [0.25, 0.3) is 12.2 Å². The highest BCUT2D eigenvalue weighted by Gasteiger charge is 2.35. The van der Waals surface area contributed by atoms with Crippen LogP contribution < -0.4 is 20.6 Å². The Morgan fingerprint density at radius 3 is 2.79 bits per heavy atom. The van der Waals surface area contributed by atoms with E-state index in [9.17, 15) is 9.59 Å². The summed E-state index contributed by atoms with van der Waals surface area (Å²) in [6.07, 6.45) is 5.36. The molecular formula is C25H30ClN3O5. The average molecular weight is 488 g/mol. The molecule has 9 heteroatoms. The zero-order chi connectivity index (χ0) is 24.1. The molecule has 2 amide bonds. The molecule has 1 aromatic carbocycles. The fourth-order valence-electron chi connectivity index (χ4n) is 4.43. The molecule has 0 fully saturated rings. The third-order valence-corrected chi connectivity index (χ3v) is 6.29. The highest BCUT2D eigenvalue weighted by Crippen LogP contribution is 2.34. The molecule has 2 N–H and O–H groups in total. The maximum Gasteiger partial charge on any atom is 0.410 e. The number of methoxy groups -OCH3 is 1. The fraction of sp³-hybridized carbons (Fsp3) is 0.440. The maximum absolute atomic E-state index is 12.8. The maximum atomic E-state index is 12.8. The summed E-state index contributed by atoms with van der Waals surface area (Å²) in [5.41, 5.74) is 3.09. The Kier molecular flexibility index (Phi) is 7.80. The van der Waals surface area contributed by atoms with Gasteiger partial charge < -0.3 is 24.5 Å². The van der Waals surface area contributed by atoms with E-state index < -0.39 is 0 Å². The number of fused-ring (bicyclic) bond motifs is 3. The molecule has 0 radical (unpaired) electrons. The molecule has 0 bridgehead atoms.